The fourth-order valence-corrected chi connectivity index (χ4v) is 7.86. The standard InChI is InChI=1S/C48H55N5O12S/c1-10-66(60,61)39-19-17-37(24-36(39)27-50-44(57)63-28-32-14-12-11-13-15-32)51-40(54)29-62-42-30(2)22-35(23-31(42)3)41(43(55)56)52(38-18-16-34-26-49-21-20-33(34)25-38)53(45(58)64-47(4,5)6)46(59)65-48(7,8)9/h11-26,41H,10,27-29H2,1-9H3,(H,50,57)(H,51,54)(H,55,56). The number of nitrogens with one attached hydrogen (secondary N) is 2. The number of hydrogen-bond acceptors (Lipinski definition) is 13. The van der Waals surface area contributed by atoms with Gasteiger partial charge in [0.25, 0.3) is 5.91 Å². The Morgan fingerprint density at radius 1 is 0.803 bits per heavy atom. The zero-order chi connectivity index (χ0) is 48.6. The summed E-state index contributed by atoms with van der Waals surface area (Å²) in [6, 6.07) is 21.0. The smallest absolute Gasteiger partial charge is 0.439 e. The van der Waals surface area contributed by atoms with E-state index < -0.39 is 63.8 Å². The van der Waals surface area contributed by atoms with E-state index in [-0.39, 0.29) is 52.1 Å². The zero-order valence-corrected chi connectivity index (χ0v) is 39.1. The molecule has 0 fully saturated rings. The fraction of sp³-hybridized carbons (Fsp3) is 0.333. The van der Waals surface area contributed by atoms with E-state index >= 15 is 0 Å². The Morgan fingerprint density at radius 2 is 1.44 bits per heavy atom. The van der Waals surface area contributed by atoms with Crippen molar-refractivity contribution in [3.63, 3.8) is 0 Å². The number of fused-ring (bicyclic) bond motifs is 1. The number of ether oxygens (including phenoxy) is 4. The number of carbonyl (C=O) groups excluding carboxylic acids is 4. The molecule has 3 N–H and O–H groups in total. The lowest BCUT2D eigenvalue weighted by Gasteiger charge is -2.39. The Kier molecular flexibility index (Phi) is 15.7. The monoisotopic (exact) mass is 925 g/mol. The molecule has 66 heavy (non-hydrogen) atoms. The topological polar surface area (TPSA) is 220 Å². The van der Waals surface area contributed by atoms with Crippen molar-refractivity contribution in [2.24, 2.45) is 0 Å². The number of carbonyl (C=O) groups is 5. The predicted octanol–water partition coefficient (Wildman–Crippen LogP) is 8.81. The first-order valence-corrected chi connectivity index (χ1v) is 22.6. The van der Waals surface area contributed by atoms with Gasteiger partial charge in [-0.1, -0.05) is 43.3 Å². The maximum absolute atomic E-state index is 14.1. The van der Waals surface area contributed by atoms with Gasteiger partial charge in [0, 0.05) is 30.0 Å². The summed E-state index contributed by atoms with van der Waals surface area (Å²) in [6.45, 7) is 13.7. The van der Waals surface area contributed by atoms with Crippen molar-refractivity contribution < 1.29 is 56.4 Å². The van der Waals surface area contributed by atoms with Crippen LogP contribution in [0.2, 0.25) is 0 Å². The largest absolute Gasteiger partial charge is 0.483 e. The summed E-state index contributed by atoms with van der Waals surface area (Å²) in [5, 5.41) is 19.2. The van der Waals surface area contributed by atoms with Gasteiger partial charge < -0.3 is 34.7 Å². The average Bonchev–Trinajstić information content (AvgIpc) is 3.23. The molecule has 4 aromatic carbocycles. The number of aromatic nitrogens is 1. The fourth-order valence-electron chi connectivity index (χ4n) is 6.74. The van der Waals surface area contributed by atoms with Crippen LogP contribution in [0.1, 0.15) is 82.3 Å². The minimum atomic E-state index is -3.73. The highest BCUT2D eigenvalue weighted by Gasteiger charge is 2.43. The van der Waals surface area contributed by atoms with Crippen LogP contribution in [0.3, 0.4) is 0 Å². The van der Waals surface area contributed by atoms with E-state index in [2.05, 4.69) is 15.6 Å². The van der Waals surface area contributed by atoms with Crippen molar-refractivity contribution >= 4 is 62.1 Å². The summed E-state index contributed by atoms with van der Waals surface area (Å²) in [4.78, 5) is 71.6. The van der Waals surface area contributed by atoms with Gasteiger partial charge in [-0.2, -0.15) is 0 Å². The molecule has 350 valence electrons. The summed E-state index contributed by atoms with van der Waals surface area (Å²) >= 11 is 0. The first kappa shape index (κ1) is 49.8. The van der Waals surface area contributed by atoms with Gasteiger partial charge in [-0.05, 0) is 137 Å². The molecule has 1 unspecified atom stereocenters. The third-order valence-corrected chi connectivity index (χ3v) is 11.4. The van der Waals surface area contributed by atoms with Crippen LogP contribution < -0.4 is 20.4 Å². The molecule has 0 spiro atoms. The number of sulfone groups is 1. The molecule has 17 nitrogen and oxygen atoms in total. The molecule has 0 aliphatic rings. The summed E-state index contributed by atoms with van der Waals surface area (Å²) in [5.74, 6) is -2.00. The molecule has 0 saturated heterocycles. The molecule has 4 amide bonds. The van der Waals surface area contributed by atoms with Crippen LogP contribution >= 0.6 is 0 Å². The third-order valence-electron chi connectivity index (χ3n) is 9.56. The molecular formula is C48H55N5O12S. The molecule has 5 rings (SSSR count). The Hall–Kier alpha value is -7.21. The maximum atomic E-state index is 14.1. The molecule has 1 aromatic heterocycles. The molecule has 0 aliphatic carbocycles. The minimum absolute atomic E-state index is 0.00746. The lowest BCUT2D eigenvalue weighted by Crippen LogP contribution is -2.56. The van der Waals surface area contributed by atoms with E-state index in [1.54, 1.807) is 116 Å². The lowest BCUT2D eigenvalue weighted by atomic mass is 9.99. The van der Waals surface area contributed by atoms with Gasteiger partial charge in [0.1, 0.15) is 23.6 Å². The third kappa shape index (κ3) is 13.2. The number of amides is 4. The van der Waals surface area contributed by atoms with E-state index in [0.29, 0.717) is 26.9 Å². The van der Waals surface area contributed by atoms with Crippen LogP contribution in [0, 0.1) is 13.8 Å². The van der Waals surface area contributed by atoms with Gasteiger partial charge in [-0.15, -0.1) is 5.01 Å². The summed E-state index contributed by atoms with van der Waals surface area (Å²) in [5.41, 5.74) is 0.0932. The van der Waals surface area contributed by atoms with Gasteiger partial charge in [0.15, 0.2) is 22.5 Å². The summed E-state index contributed by atoms with van der Waals surface area (Å²) < 4.78 is 48.5. The van der Waals surface area contributed by atoms with Crippen molar-refractivity contribution in [3.05, 3.63) is 125 Å². The number of rotatable bonds is 15. The molecule has 1 atom stereocenters. The number of nitrogens with zero attached hydrogens (tertiary/aromatic N) is 3. The molecule has 0 aliphatic heterocycles. The molecular weight excluding hydrogens is 871 g/mol. The van der Waals surface area contributed by atoms with Crippen LogP contribution in [-0.2, 0) is 46.8 Å². The number of carboxylic acid groups (broad SMARTS) is 1. The first-order valence-electron chi connectivity index (χ1n) is 20.9. The second-order valence-corrected chi connectivity index (χ2v) is 19.5. The molecule has 0 bridgehead atoms. The quantitative estimate of drug-likeness (QED) is 0.0660. The van der Waals surface area contributed by atoms with Gasteiger partial charge in [0.2, 0.25) is 0 Å². The number of hydrazine groups is 1. The van der Waals surface area contributed by atoms with E-state index in [1.165, 1.54) is 37.3 Å². The second-order valence-electron chi connectivity index (χ2n) is 17.2. The van der Waals surface area contributed by atoms with E-state index in [4.69, 9.17) is 18.9 Å². The highest BCUT2D eigenvalue weighted by molar-refractivity contribution is 7.91. The normalized spacial score (nSPS) is 12.1. The number of alkyl carbamates (subject to hydrolysis) is 1. The predicted molar refractivity (Wildman–Crippen MR) is 247 cm³/mol. The highest BCUT2D eigenvalue weighted by atomic mass is 32.2. The van der Waals surface area contributed by atoms with Crippen molar-refractivity contribution in [2.45, 2.75) is 97.6 Å². The summed E-state index contributed by atoms with van der Waals surface area (Å²) in [6.07, 6.45) is 0.0156. The number of anilines is 2. The van der Waals surface area contributed by atoms with Crippen molar-refractivity contribution in [2.75, 3.05) is 22.7 Å². The van der Waals surface area contributed by atoms with Gasteiger partial charge >= 0.3 is 24.2 Å². The Balaban J connectivity index is 1.42. The molecule has 5 aromatic rings. The van der Waals surface area contributed by atoms with Gasteiger partial charge in [-0.3, -0.25) is 14.8 Å². The van der Waals surface area contributed by atoms with Crippen molar-refractivity contribution in [1.29, 1.82) is 0 Å². The van der Waals surface area contributed by atoms with E-state index in [1.807, 2.05) is 6.07 Å². The van der Waals surface area contributed by atoms with Gasteiger partial charge in [-0.25, -0.2) is 27.6 Å². The van der Waals surface area contributed by atoms with Crippen LogP contribution in [0.4, 0.5) is 25.8 Å². The van der Waals surface area contributed by atoms with Crippen molar-refractivity contribution in [3.8, 4) is 5.75 Å². The van der Waals surface area contributed by atoms with Crippen LogP contribution in [0.15, 0.2) is 102 Å². The Labute approximate surface area is 383 Å². The lowest BCUT2D eigenvalue weighted by molar-refractivity contribution is -0.139. The van der Waals surface area contributed by atoms with E-state index in [9.17, 15) is 37.5 Å². The maximum Gasteiger partial charge on any atom is 0.439 e. The Bertz CT molecular complexity index is 2660. The number of carboxylic acids is 1. The Morgan fingerprint density at radius 3 is 2.03 bits per heavy atom. The number of aliphatic carboxylic acids is 1. The molecule has 0 radical (unpaired) electrons. The molecule has 0 saturated carbocycles. The minimum Gasteiger partial charge on any atom is -0.483 e. The summed E-state index contributed by atoms with van der Waals surface area (Å²) in [7, 11) is -3.73. The molecule has 18 heteroatoms. The van der Waals surface area contributed by atoms with Gasteiger partial charge in [0.05, 0.1) is 16.3 Å². The number of aryl methyl sites for hydroxylation is 2. The highest BCUT2D eigenvalue weighted by Crippen LogP contribution is 2.37. The second kappa shape index (κ2) is 20.7. The number of hydrogen-bond donors (Lipinski definition) is 3. The van der Waals surface area contributed by atoms with Crippen LogP contribution in [0.25, 0.3) is 10.8 Å². The van der Waals surface area contributed by atoms with Crippen molar-refractivity contribution in [1.82, 2.24) is 15.3 Å². The van der Waals surface area contributed by atoms with Crippen LogP contribution in [0.5, 0.6) is 5.75 Å². The number of imide groups is 1. The van der Waals surface area contributed by atoms with E-state index in [0.717, 1.165) is 10.6 Å². The SMILES string of the molecule is CCS(=O)(=O)c1ccc(NC(=O)COc2c(C)cc(C(C(=O)O)N(c3ccc4cnccc4c3)N(C(=O)OC(C)(C)C)C(=O)OC(C)(C)C)cc2C)cc1CNC(=O)OCc1ccccc1. The first-order chi connectivity index (χ1) is 31.0. The number of pyridine rings is 1. The van der Waals surface area contributed by atoms with Crippen LogP contribution in [-0.4, -0.2) is 77.2 Å². The average molecular weight is 926 g/mol. The molecule has 1 heterocycles. The number of benzene rings is 4. The zero-order valence-electron chi connectivity index (χ0n) is 38.3.